The smallest absolute Gasteiger partial charge is 0.549 e. The second-order valence-electron chi connectivity index (χ2n) is 4.50. The maximum absolute atomic E-state index is 10.6. The van der Waals surface area contributed by atoms with Gasteiger partial charge >= 0.3 is 29.6 Å². The molecule has 2 unspecified atom stereocenters. The predicted octanol–water partition coefficient (Wildman–Crippen LogP) is -2.20. The minimum absolute atomic E-state index is 0. The van der Waals surface area contributed by atoms with E-state index < -0.39 is 18.1 Å². The summed E-state index contributed by atoms with van der Waals surface area (Å²) < 4.78 is 0. The van der Waals surface area contributed by atoms with Crippen LogP contribution >= 0.6 is 0 Å². The zero-order chi connectivity index (χ0) is 14.4. The molecule has 0 spiro atoms. The van der Waals surface area contributed by atoms with E-state index in [9.17, 15) is 15.0 Å². The molecule has 0 saturated carbocycles. The summed E-state index contributed by atoms with van der Waals surface area (Å²) >= 11 is 0. The van der Waals surface area contributed by atoms with Gasteiger partial charge in [-0.05, 0) is 11.1 Å². The fourth-order valence-corrected chi connectivity index (χ4v) is 2.11. The Morgan fingerprint density at radius 1 is 1.00 bits per heavy atom. The van der Waals surface area contributed by atoms with Crippen LogP contribution in [0.4, 0.5) is 0 Å². The molecule has 0 aliphatic heterocycles. The van der Waals surface area contributed by atoms with Gasteiger partial charge in [0.2, 0.25) is 0 Å². The fourth-order valence-electron chi connectivity index (χ4n) is 2.11. The number of carbonyl (C=O) groups excluding carboxylic acids is 1. The van der Waals surface area contributed by atoms with Crippen molar-refractivity contribution in [1.29, 1.82) is 0 Å². The van der Waals surface area contributed by atoms with Gasteiger partial charge in [0.05, 0.1) is 18.1 Å². The van der Waals surface area contributed by atoms with E-state index in [0.717, 1.165) is 11.1 Å². The van der Waals surface area contributed by atoms with Crippen LogP contribution in [0.15, 0.2) is 60.7 Å². The quantitative estimate of drug-likeness (QED) is 0.593. The molecule has 104 valence electrons. The third kappa shape index (κ3) is 5.26. The molecule has 4 nitrogen and oxygen atoms in total. The Morgan fingerprint density at radius 2 is 1.48 bits per heavy atom. The van der Waals surface area contributed by atoms with Crippen molar-refractivity contribution in [2.45, 2.75) is 12.1 Å². The van der Waals surface area contributed by atoms with Crippen LogP contribution in [0.5, 0.6) is 0 Å². The summed E-state index contributed by atoms with van der Waals surface area (Å²) in [5.74, 6) is -1.20. The molecule has 0 radical (unpaired) electrons. The van der Waals surface area contributed by atoms with Crippen LogP contribution in [0.25, 0.3) is 0 Å². The second-order valence-corrected chi connectivity index (χ2v) is 4.50. The molecule has 0 heterocycles. The van der Waals surface area contributed by atoms with Crippen molar-refractivity contribution in [3.8, 4) is 0 Å². The van der Waals surface area contributed by atoms with Gasteiger partial charge in [0.15, 0.2) is 0 Å². The average molecular weight is 293 g/mol. The molecule has 0 aliphatic carbocycles. The maximum atomic E-state index is 10.6. The molecule has 0 amide bonds. The van der Waals surface area contributed by atoms with Crippen LogP contribution in [0.1, 0.15) is 23.3 Å². The summed E-state index contributed by atoms with van der Waals surface area (Å²) in [6, 6.07) is 17.9. The number of benzene rings is 2. The van der Waals surface area contributed by atoms with E-state index in [4.69, 9.17) is 0 Å². The molecule has 21 heavy (non-hydrogen) atoms. The van der Waals surface area contributed by atoms with E-state index >= 15 is 0 Å². The van der Waals surface area contributed by atoms with Crippen molar-refractivity contribution >= 4 is 5.97 Å². The Kier molecular flexibility index (Phi) is 7.64. The number of hydrogen-bond acceptors (Lipinski definition) is 4. The molecule has 2 rings (SSSR count). The van der Waals surface area contributed by atoms with Crippen LogP contribution in [0.2, 0.25) is 0 Å². The van der Waals surface area contributed by atoms with Crippen molar-refractivity contribution < 1.29 is 44.6 Å². The summed E-state index contributed by atoms with van der Waals surface area (Å²) in [5.41, 5.74) is 1.55. The average Bonchev–Trinajstić information content (AvgIpc) is 2.49. The monoisotopic (exact) mass is 293 g/mol. The van der Waals surface area contributed by atoms with E-state index in [1.807, 2.05) is 48.5 Å². The topological polar surface area (TPSA) is 72.4 Å². The van der Waals surface area contributed by atoms with Gasteiger partial charge in [-0.3, -0.25) is 0 Å². The number of nitrogens with one attached hydrogen (secondary N) is 1. The number of rotatable bonds is 6. The Labute approximate surface area is 146 Å². The molecule has 2 N–H and O–H groups in total. The van der Waals surface area contributed by atoms with Crippen LogP contribution in [-0.4, -0.2) is 17.6 Å². The number of carboxylic acids is 1. The zero-order valence-electron chi connectivity index (χ0n) is 11.9. The summed E-state index contributed by atoms with van der Waals surface area (Å²) in [6.07, 6.45) is -0.835. The van der Waals surface area contributed by atoms with Crippen molar-refractivity contribution in [2.75, 3.05) is 6.54 Å². The van der Waals surface area contributed by atoms with Gasteiger partial charge in [0.25, 0.3) is 0 Å². The van der Waals surface area contributed by atoms with Gasteiger partial charge in [-0.15, -0.1) is 0 Å². The van der Waals surface area contributed by atoms with Crippen molar-refractivity contribution in [1.82, 2.24) is 5.32 Å². The maximum Gasteiger partial charge on any atom is 1.00 e. The van der Waals surface area contributed by atoms with Gasteiger partial charge in [0.1, 0.15) is 0 Å². The van der Waals surface area contributed by atoms with Crippen molar-refractivity contribution in [3.05, 3.63) is 71.8 Å². The predicted molar refractivity (Wildman–Crippen MR) is 73.6 cm³/mol. The SMILES string of the molecule is O=C([O-])CNC(c1ccccc1)C(O)c1ccccc1.[Na+]. The van der Waals surface area contributed by atoms with Gasteiger partial charge in [-0.1, -0.05) is 60.7 Å². The second kappa shape index (κ2) is 8.97. The largest absolute Gasteiger partial charge is 1.00 e. The first-order chi connectivity index (χ1) is 9.68. The number of aliphatic hydroxyl groups is 1. The summed E-state index contributed by atoms with van der Waals surface area (Å²) in [4.78, 5) is 10.6. The molecule has 0 fully saturated rings. The third-order valence-corrected chi connectivity index (χ3v) is 3.08. The van der Waals surface area contributed by atoms with E-state index in [-0.39, 0.29) is 36.1 Å². The van der Waals surface area contributed by atoms with Crippen LogP contribution in [0, 0.1) is 0 Å². The van der Waals surface area contributed by atoms with Crippen molar-refractivity contribution in [2.24, 2.45) is 0 Å². The molecule has 5 heteroatoms. The molecule has 2 aromatic carbocycles. The van der Waals surface area contributed by atoms with E-state index in [2.05, 4.69) is 5.32 Å². The molecular formula is C16H16NNaO3. The first-order valence-corrected chi connectivity index (χ1v) is 6.39. The summed E-state index contributed by atoms with van der Waals surface area (Å²) in [5, 5.41) is 23.9. The molecule has 2 atom stereocenters. The summed E-state index contributed by atoms with van der Waals surface area (Å²) in [6.45, 7) is -0.316. The first kappa shape index (κ1) is 17.9. The fraction of sp³-hybridized carbons (Fsp3) is 0.188. The normalized spacial score (nSPS) is 13.0. The van der Waals surface area contributed by atoms with E-state index in [1.165, 1.54) is 0 Å². The van der Waals surface area contributed by atoms with Crippen LogP contribution < -0.4 is 40.0 Å². The number of aliphatic hydroxyl groups excluding tert-OH is 1. The molecular weight excluding hydrogens is 277 g/mol. The van der Waals surface area contributed by atoms with Gasteiger partial charge in [-0.25, -0.2) is 0 Å². The number of carboxylic acid groups (broad SMARTS) is 1. The molecule has 2 aromatic rings. The Morgan fingerprint density at radius 3 is 1.95 bits per heavy atom. The van der Waals surface area contributed by atoms with E-state index in [1.54, 1.807) is 12.1 Å². The van der Waals surface area contributed by atoms with Crippen LogP contribution in [0.3, 0.4) is 0 Å². The van der Waals surface area contributed by atoms with Gasteiger partial charge in [0, 0.05) is 6.54 Å². The van der Waals surface area contributed by atoms with Gasteiger partial charge < -0.3 is 20.3 Å². The molecule has 0 aromatic heterocycles. The summed E-state index contributed by atoms with van der Waals surface area (Å²) in [7, 11) is 0. The number of aliphatic carboxylic acids is 1. The minimum atomic E-state index is -1.20. The first-order valence-electron chi connectivity index (χ1n) is 6.39. The third-order valence-electron chi connectivity index (χ3n) is 3.08. The zero-order valence-corrected chi connectivity index (χ0v) is 13.9. The standard InChI is InChI=1S/C16H17NO3.Na/c18-14(19)11-17-15(12-7-3-1-4-8-12)16(20)13-9-5-2-6-10-13;/h1-10,15-17,20H,11H2,(H,18,19);/q;+1/p-1. The molecule has 0 aliphatic rings. The van der Waals surface area contributed by atoms with Crippen LogP contribution in [-0.2, 0) is 4.79 Å². The Hall–Kier alpha value is -1.17. The Bertz CT molecular complexity index is 548. The van der Waals surface area contributed by atoms with Crippen molar-refractivity contribution in [3.63, 3.8) is 0 Å². The molecule has 0 bridgehead atoms. The number of carbonyl (C=O) groups is 1. The van der Waals surface area contributed by atoms with Gasteiger partial charge in [-0.2, -0.15) is 0 Å². The molecule has 0 saturated heterocycles. The Balaban J connectivity index is 0.00000220. The van der Waals surface area contributed by atoms with E-state index in [0.29, 0.717) is 0 Å². The minimum Gasteiger partial charge on any atom is -0.549 e. The number of hydrogen-bond donors (Lipinski definition) is 2.